The Hall–Kier alpha value is -0.0800. The fourth-order valence-electron chi connectivity index (χ4n) is 3.48. The van der Waals surface area contributed by atoms with Crippen LogP contribution in [0.15, 0.2) is 0 Å². The van der Waals surface area contributed by atoms with Gasteiger partial charge >= 0.3 is 0 Å². The van der Waals surface area contributed by atoms with Gasteiger partial charge in [-0.05, 0) is 31.2 Å². The third-order valence-electron chi connectivity index (χ3n) is 4.85. The van der Waals surface area contributed by atoms with E-state index in [1.807, 2.05) is 0 Å². The molecule has 0 aliphatic carbocycles. The van der Waals surface area contributed by atoms with Crippen molar-refractivity contribution >= 4 is 0 Å². The molecule has 0 spiro atoms. The number of fused-ring (bicyclic) bond motifs is 1. The van der Waals surface area contributed by atoms with Crippen LogP contribution in [0.25, 0.3) is 0 Å². The molecule has 2 rings (SSSR count). The van der Waals surface area contributed by atoms with Crippen molar-refractivity contribution in [3.8, 4) is 0 Å². The molecule has 0 saturated carbocycles. The first-order valence-corrected chi connectivity index (χ1v) is 7.60. The van der Waals surface area contributed by atoms with Crippen LogP contribution in [0.2, 0.25) is 0 Å². The van der Waals surface area contributed by atoms with Gasteiger partial charge in [-0.1, -0.05) is 34.1 Å². The van der Waals surface area contributed by atoms with Gasteiger partial charge < -0.3 is 0 Å². The van der Waals surface area contributed by atoms with Gasteiger partial charge in [0.1, 0.15) is 0 Å². The zero-order valence-corrected chi connectivity index (χ0v) is 12.2. The van der Waals surface area contributed by atoms with Crippen LogP contribution in [0.1, 0.15) is 47.0 Å². The first kappa shape index (κ1) is 13.4. The van der Waals surface area contributed by atoms with Crippen LogP contribution in [0.4, 0.5) is 0 Å². The minimum Gasteiger partial charge on any atom is -0.298 e. The van der Waals surface area contributed by atoms with Crippen LogP contribution >= 0.6 is 0 Å². The van der Waals surface area contributed by atoms with E-state index >= 15 is 0 Å². The molecule has 2 heterocycles. The van der Waals surface area contributed by atoms with Crippen LogP contribution in [0, 0.1) is 11.8 Å². The minimum atomic E-state index is 0.790. The normalized spacial score (nSPS) is 33.0. The lowest BCUT2D eigenvalue weighted by atomic mass is 9.95. The first-order chi connectivity index (χ1) is 8.11. The fourth-order valence-corrected chi connectivity index (χ4v) is 3.48. The van der Waals surface area contributed by atoms with Gasteiger partial charge in [0.25, 0.3) is 0 Å². The highest BCUT2D eigenvalue weighted by atomic mass is 15.3. The van der Waals surface area contributed by atoms with E-state index in [1.165, 1.54) is 45.4 Å². The van der Waals surface area contributed by atoms with Gasteiger partial charge in [0, 0.05) is 31.7 Å². The Morgan fingerprint density at radius 3 is 2.59 bits per heavy atom. The predicted octanol–water partition coefficient (Wildman–Crippen LogP) is 2.84. The zero-order chi connectivity index (χ0) is 12.4. The van der Waals surface area contributed by atoms with Gasteiger partial charge in [-0.25, -0.2) is 0 Å². The molecule has 17 heavy (non-hydrogen) atoms. The van der Waals surface area contributed by atoms with E-state index in [-0.39, 0.29) is 0 Å². The molecule has 2 nitrogen and oxygen atoms in total. The highest BCUT2D eigenvalue weighted by molar-refractivity contribution is 4.93. The number of rotatable bonds is 4. The summed E-state index contributed by atoms with van der Waals surface area (Å²) in [6.07, 6.45) is 4.17. The van der Waals surface area contributed by atoms with Crippen molar-refractivity contribution in [3.05, 3.63) is 0 Å². The topological polar surface area (TPSA) is 6.48 Å². The average Bonchev–Trinajstić information content (AvgIpc) is 2.74. The van der Waals surface area contributed by atoms with Crippen molar-refractivity contribution in [2.24, 2.45) is 11.8 Å². The summed E-state index contributed by atoms with van der Waals surface area (Å²) in [4.78, 5) is 5.54. The highest BCUT2D eigenvalue weighted by Gasteiger charge is 2.37. The smallest absolute Gasteiger partial charge is 0.0247 e. The van der Waals surface area contributed by atoms with Gasteiger partial charge in [-0.15, -0.1) is 0 Å². The lowest BCUT2D eigenvalue weighted by molar-refractivity contribution is 0.0205. The van der Waals surface area contributed by atoms with Crippen molar-refractivity contribution in [1.29, 1.82) is 0 Å². The Bertz CT molecular complexity index is 239. The summed E-state index contributed by atoms with van der Waals surface area (Å²) in [5, 5.41) is 0. The maximum absolute atomic E-state index is 2.80. The largest absolute Gasteiger partial charge is 0.298 e. The Kier molecular flexibility index (Phi) is 4.48. The molecule has 2 saturated heterocycles. The predicted molar refractivity (Wildman–Crippen MR) is 74.2 cm³/mol. The molecule has 3 unspecified atom stereocenters. The van der Waals surface area contributed by atoms with Crippen molar-refractivity contribution < 1.29 is 0 Å². The second kappa shape index (κ2) is 5.71. The van der Waals surface area contributed by atoms with E-state index in [2.05, 4.69) is 37.5 Å². The van der Waals surface area contributed by atoms with E-state index in [0.29, 0.717) is 0 Å². The average molecular weight is 238 g/mol. The summed E-state index contributed by atoms with van der Waals surface area (Å²) < 4.78 is 0. The van der Waals surface area contributed by atoms with Crippen LogP contribution < -0.4 is 0 Å². The van der Waals surface area contributed by atoms with E-state index in [9.17, 15) is 0 Å². The van der Waals surface area contributed by atoms with E-state index < -0.39 is 0 Å². The van der Waals surface area contributed by atoms with Crippen LogP contribution in [0.5, 0.6) is 0 Å². The molecule has 2 heteroatoms. The summed E-state index contributed by atoms with van der Waals surface area (Å²) >= 11 is 0. The monoisotopic (exact) mass is 238 g/mol. The van der Waals surface area contributed by atoms with Crippen LogP contribution in [-0.2, 0) is 0 Å². The summed E-state index contributed by atoms with van der Waals surface area (Å²) in [5.74, 6) is 1.64. The molecule has 3 atom stereocenters. The van der Waals surface area contributed by atoms with Gasteiger partial charge in [0.15, 0.2) is 0 Å². The molecule has 100 valence electrons. The van der Waals surface area contributed by atoms with E-state index in [1.54, 1.807) is 0 Å². The summed E-state index contributed by atoms with van der Waals surface area (Å²) in [6, 6.07) is 1.66. The molecule has 0 aromatic heterocycles. The third-order valence-corrected chi connectivity index (χ3v) is 4.85. The van der Waals surface area contributed by atoms with Crippen molar-refractivity contribution in [2.45, 2.75) is 59.0 Å². The molecule has 0 amide bonds. The van der Waals surface area contributed by atoms with Crippen molar-refractivity contribution in [2.75, 3.05) is 26.2 Å². The van der Waals surface area contributed by atoms with Crippen molar-refractivity contribution in [3.63, 3.8) is 0 Å². The van der Waals surface area contributed by atoms with Gasteiger partial charge in [0.2, 0.25) is 0 Å². The lowest BCUT2D eigenvalue weighted by Crippen LogP contribution is -2.58. The second-order valence-electron chi connectivity index (χ2n) is 6.57. The summed E-state index contributed by atoms with van der Waals surface area (Å²) in [7, 11) is 0. The Morgan fingerprint density at radius 2 is 1.94 bits per heavy atom. The molecule has 0 aromatic rings. The van der Waals surface area contributed by atoms with Crippen LogP contribution in [0.3, 0.4) is 0 Å². The Balaban J connectivity index is 2.00. The number of hydrogen-bond acceptors (Lipinski definition) is 2. The molecule has 2 fully saturated rings. The van der Waals surface area contributed by atoms with Gasteiger partial charge in [-0.2, -0.15) is 0 Å². The number of piperazine rings is 1. The highest BCUT2D eigenvalue weighted by Crippen LogP contribution is 2.28. The summed E-state index contributed by atoms with van der Waals surface area (Å²) in [5.41, 5.74) is 0. The fraction of sp³-hybridized carbons (Fsp3) is 1.00. The van der Waals surface area contributed by atoms with Crippen LogP contribution in [-0.4, -0.2) is 48.1 Å². The van der Waals surface area contributed by atoms with E-state index in [4.69, 9.17) is 0 Å². The molecule has 0 N–H and O–H groups in total. The van der Waals surface area contributed by atoms with Gasteiger partial charge in [0.05, 0.1) is 0 Å². The maximum atomic E-state index is 2.80. The molecule has 0 radical (unpaired) electrons. The minimum absolute atomic E-state index is 0.790. The molecular formula is C15H30N2. The van der Waals surface area contributed by atoms with Gasteiger partial charge in [-0.3, -0.25) is 9.80 Å². The third kappa shape index (κ3) is 3.03. The molecule has 2 aliphatic heterocycles. The molecular weight excluding hydrogens is 208 g/mol. The number of nitrogens with zero attached hydrogens (tertiary/aromatic N) is 2. The molecule has 2 aliphatic rings. The quantitative estimate of drug-likeness (QED) is 0.743. The molecule has 0 bridgehead atoms. The lowest BCUT2D eigenvalue weighted by Gasteiger charge is -2.46. The Labute approximate surface area is 107 Å². The maximum Gasteiger partial charge on any atom is 0.0247 e. The zero-order valence-electron chi connectivity index (χ0n) is 12.2. The first-order valence-electron chi connectivity index (χ1n) is 7.60. The van der Waals surface area contributed by atoms with E-state index in [0.717, 1.165) is 23.9 Å². The van der Waals surface area contributed by atoms with Crippen molar-refractivity contribution in [1.82, 2.24) is 9.80 Å². The number of hydrogen-bond donors (Lipinski definition) is 0. The second-order valence-corrected chi connectivity index (χ2v) is 6.57. The molecule has 0 aromatic carbocycles. The summed E-state index contributed by atoms with van der Waals surface area (Å²) in [6.45, 7) is 14.8. The SMILES string of the molecule is CCC(C)CN1CC2CCCN2CC1C(C)C. The standard InChI is InChI=1S/C15H30N2/c1-5-13(4)9-17-10-14-7-6-8-16(14)11-15(17)12(2)3/h12-15H,5-11H2,1-4H3. The Morgan fingerprint density at radius 1 is 1.18 bits per heavy atom.